The van der Waals surface area contributed by atoms with Crippen molar-refractivity contribution in [3.8, 4) is 0 Å². The Morgan fingerprint density at radius 3 is 2.62 bits per heavy atom. The number of alkyl halides is 2. The zero-order chi connectivity index (χ0) is 18.4. The van der Waals surface area contributed by atoms with E-state index in [1.54, 1.807) is 4.90 Å². The highest BCUT2D eigenvalue weighted by atomic mass is 19.3. The molecule has 1 amide bonds. The van der Waals surface area contributed by atoms with Crippen LogP contribution in [0.15, 0.2) is 42.6 Å². The summed E-state index contributed by atoms with van der Waals surface area (Å²) in [4.78, 5) is 16.6. The SMILES string of the molecule is O=C(c1ccn(C(F)F)n1)N1CCCN(CCCc2ccccc2)CC1. The number of nitrogens with zero attached hydrogens (tertiary/aromatic N) is 4. The van der Waals surface area contributed by atoms with Crippen LogP contribution >= 0.6 is 0 Å². The molecule has 1 aliphatic rings. The van der Waals surface area contributed by atoms with Crippen molar-refractivity contribution in [3.63, 3.8) is 0 Å². The molecule has 140 valence electrons. The number of carbonyl (C=O) groups is 1. The molecule has 0 spiro atoms. The Hall–Kier alpha value is -2.28. The van der Waals surface area contributed by atoms with Gasteiger partial charge in [0, 0.05) is 25.8 Å². The third-order valence-electron chi connectivity index (χ3n) is 4.69. The highest BCUT2D eigenvalue weighted by Gasteiger charge is 2.22. The lowest BCUT2D eigenvalue weighted by molar-refractivity contribution is 0.0552. The average molecular weight is 362 g/mol. The Morgan fingerprint density at radius 2 is 1.88 bits per heavy atom. The van der Waals surface area contributed by atoms with E-state index in [1.165, 1.54) is 11.6 Å². The Labute approximate surface area is 152 Å². The van der Waals surface area contributed by atoms with Crippen LogP contribution in [0.3, 0.4) is 0 Å². The fourth-order valence-corrected chi connectivity index (χ4v) is 3.27. The number of aromatic nitrogens is 2. The van der Waals surface area contributed by atoms with Crippen LogP contribution in [0.2, 0.25) is 0 Å². The van der Waals surface area contributed by atoms with E-state index in [0.717, 1.165) is 45.1 Å². The van der Waals surface area contributed by atoms with E-state index in [-0.39, 0.29) is 11.6 Å². The zero-order valence-electron chi connectivity index (χ0n) is 14.7. The van der Waals surface area contributed by atoms with Gasteiger partial charge in [-0.2, -0.15) is 13.9 Å². The molecule has 1 aromatic carbocycles. The maximum absolute atomic E-state index is 12.6. The maximum Gasteiger partial charge on any atom is 0.333 e. The fourth-order valence-electron chi connectivity index (χ4n) is 3.27. The molecule has 26 heavy (non-hydrogen) atoms. The normalized spacial score (nSPS) is 16.0. The Morgan fingerprint density at radius 1 is 1.08 bits per heavy atom. The summed E-state index contributed by atoms with van der Waals surface area (Å²) in [6.07, 6.45) is 4.15. The molecule has 0 aliphatic carbocycles. The smallest absolute Gasteiger partial charge is 0.333 e. The van der Waals surface area contributed by atoms with Crippen molar-refractivity contribution in [3.05, 3.63) is 53.9 Å². The van der Waals surface area contributed by atoms with E-state index in [0.29, 0.717) is 17.8 Å². The molecule has 0 atom stereocenters. The molecule has 2 aromatic rings. The zero-order valence-corrected chi connectivity index (χ0v) is 14.7. The van der Waals surface area contributed by atoms with Gasteiger partial charge in [0.1, 0.15) is 0 Å². The van der Waals surface area contributed by atoms with Crippen molar-refractivity contribution in [1.29, 1.82) is 0 Å². The molecular formula is C19H24F2N4O. The number of hydrogen-bond donors (Lipinski definition) is 0. The van der Waals surface area contributed by atoms with Gasteiger partial charge in [-0.25, -0.2) is 4.68 Å². The summed E-state index contributed by atoms with van der Waals surface area (Å²) in [5.74, 6) is -0.268. The van der Waals surface area contributed by atoms with Crippen LogP contribution in [0.1, 0.15) is 35.4 Å². The van der Waals surface area contributed by atoms with Gasteiger partial charge >= 0.3 is 6.55 Å². The molecule has 0 radical (unpaired) electrons. The van der Waals surface area contributed by atoms with Gasteiger partial charge in [-0.3, -0.25) is 4.79 Å². The highest BCUT2D eigenvalue weighted by Crippen LogP contribution is 2.12. The van der Waals surface area contributed by atoms with Crippen LogP contribution in [0.4, 0.5) is 8.78 Å². The van der Waals surface area contributed by atoms with Crippen molar-refractivity contribution in [2.24, 2.45) is 0 Å². The molecule has 5 nitrogen and oxygen atoms in total. The second-order valence-electron chi connectivity index (χ2n) is 6.54. The predicted molar refractivity (Wildman–Crippen MR) is 95.2 cm³/mol. The minimum absolute atomic E-state index is 0.0860. The molecule has 0 unspecified atom stereocenters. The largest absolute Gasteiger partial charge is 0.336 e. The lowest BCUT2D eigenvalue weighted by Crippen LogP contribution is -2.35. The van der Waals surface area contributed by atoms with Gasteiger partial charge in [-0.05, 0) is 44.0 Å². The van der Waals surface area contributed by atoms with Gasteiger partial charge in [0.15, 0.2) is 5.69 Å². The van der Waals surface area contributed by atoms with Crippen molar-refractivity contribution in [1.82, 2.24) is 19.6 Å². The second kappa shape index (κ2) is 8.89. The van der Waals surface area contributed by atoms with Crippen LogP contribution in [-0.4, -0.2) is 58.2 Å². The lowest BCUT2D eigenvalue weighted by atomic mass is 10.1. The first-order valence-electron chi connectivity index (χ1n) is 9.02. The average Bonchev–Trinajstić information content (AvgIpc) is 3.03. The summed E-state index contributed by atoms with van der Waals surface area (Å²) in [5.41, 5.74) is 1.43. The van der Waals surface area contributed by atoms with Crippen LogP contribution in [0.25, 0.3) is 0 Å². The molecule has 2 heterocycles. The van der Waals surface area contributed by atoms with Crippen LogP contribution in [0, 0.1) is 0 Å². The summed E-state index contributed by atoms with van der Waals surface area (Å²) < 4.78 is 25.7. The Balaban J connectivity index is 1.47. The molecular weight excluding hydrogens is 338 g/mol. The van der Waals surface area contributed by atoms with Gasteiger partial charge < -0.3 is 9.80 Å². The van der Waals surface area contributed by atoms with Gasteiger partial charge in [-0.1, -0.05) is 30.3 Å². The second-order valence-corrected chi connectivity index (χ2v) is 6.54. The van der Waals surface area contributed by atoms with E-state index in [4.69, 9.17) is 0 Å². The first kappa shape index (κ1) is 18.5. The summed E-state index contributed by atoms with van der Waals surface area (Å²) in [5, 5.41) is 3.68. The topological polar surface area (TPSA) is 41.4 Å². The standard InChI is InChI=1S/C19H24F2N4O/c20-19(21)25-13-9-17(22-25)18(26)24-12-5-11-23(14-15-24)10-4-8-16-6-2-1-3-7-16/h1-3,6-7,9,13,19H,4-5,8,10-12,14-15H2. The molecule has 3 rings (SSSR count). The van der Waals surface area contributed by atoms with E-state index in [1.807, 2.05) is 6.07 Å². The summed E-state index contributed by atoms with van der Waals surface area (Å²) in [6.45, 7) is 1.26. The van der Waals surface area contributed by atoms with E-state index >= 15 is 0 Å². The first-order valence-corrected chi connectivity index (χ1v) is 9.02. The monoisotopic (exact) mass is 362 g/mol. The molecule has 0 N–H and O–H groups in total. The minimum atomic E-state index is -2.72. The number of carbonyl (C=O) groups excluding carboxylic acids is 1. The Kier molecular flexibility index (Phi) is 6.33. The molecule has 1 aliphatic heterocycles. The van der Waals surface area contributed by atoms with Crippen molar-refractivity contribution in [2.75, 3.05) is 32.7 Å². The number of amides is 1. The highest BCUT2D eigenvalue weighted by molar-refractivity contribution is 5.92. The molecule has 1 fully saturated rings. The molecule has 1 aromatic heterocycles. The molecule has 0 bridgehead atoms. The first-order chi connectivity index (χ1) is 12.6. The minimum Gasteiger partial charge on any atom is -0.336 e. The van der Waals surface area contributed by atoms with Gasteiger partial charge in [-0.15, -0.1) is 0 Å². The molecule has 0 saturated carbocycles. The van der Waals surface area contributed by atoms with Gasteiger partial charge in [0.25, 0.3) is 5.91 Å². The van der Waals surface area contributed by atoms with Gasteiger partial charge in [0.05, 0.1) is 0 Å². The lowest BCUT2D eigenvalue weighted by Gasteiger charge is -2.21. The van der Waals surface area contributed by atoms with Crippen molar-refractivity contribution in [2.45, 2.75) is 25.8 Å². The number of aryl methyl sites for hydroxylation is 1. The van der Waals surface area contributed by atoms with E-state index in [2.05, 4.69) is 34.3 Å². The number of hydrogen-bond acceptors (Lipinski definition) is 3. The number of rotatable bonds is 6. The predicted octanol–water partition coefficient (Wildman–Crippen LogP) is 3.06. The third-order valence-corrected chi connectivity index (χ3v) is 4.69. The van der Waals surface area contributed by atoms with Crippen molar-refractivity contribution >= 4 is 5.91 Å². The Bertz CT molecular complexity index is 705. The summed E-state index contributed by atoms with van der Waals surface area (Å²) in [7, 11) is 0. The maximum atomic E-state index is 12.6. The number of benzene rings is 1. The van der Waals surface area contributed by atoms with E-state index < -0.39 is 6.55 Å². The third kappa shape index (κ3) is 4.88. The molecule has 1 saturated heterocycles. The molecule has 7 heteroatoms. The van der Waals surface area contributed by atoms with Crippen LogP contribution in [0.5, 0.6) is 0 Å². The van der Waals surface area contributed by atoms with Gasteiger partial charge in [0.2, 0.25) is 0 Å². The quantitative estimate of drug-likeness (QED) is 0.793. The van der Waals surface area contributed by atoms with Crippen LogP contribution in [-0.2, 0) is 6.42 Å². The number of halogens is 2. The van der Waals surface area contributed by atoms with Crippen LogP contribution < -0.4 is 0 Å². The van der Waals surface area contributed by atoms with E-state index in [9.17, 15) is 13.6 Å². The van der Waals surface area contributed by atoms with Crippen molar-refractivity contribution < 1.29 is 13.6 Å². The summed E-state index contributed by atoms with van der Waals surface area (Å²) >= 11 is 0. The fraction of sp³-hybridized carbons (Fsp3) is 0.474. The summed E-state index contributed by atoms with van der Waals surface area (Å²) in [6, 6.07) is 11.8.